The van der Waals surface area contributed by atoms with Crippen LogP contribution in [0, 0.1) is 11.8 Å². The van der Waals surface area contributed by atoms with Crippen molar-refractivity contribution in [3.8, 4) is 17.6 Å². The molecule has 0 aliphatic carbocycles. The minimum atomic E-state index is 0.798. The van der Waals surface area contributed by atoms with Gasteiger partial charge < -0.3 is 4.74 Å². The molecule has 1 nitrogen and oxygen atoms in total. The van der Waals surface area contributed by atoms with Gasteiger partial charge in [0.05, 0.1) is 12.7 Å². The van der Waals surface area contributed by atoms with Crippen LogP contribution in [0.1, 0.15) is 11.1 Å². The van der Waals surface area contributed by atoms with Gasteiger partial charge in [0.25, 0.3) is 0 Å². The molecule has 0 atom stereocenters. The van der Waals surface area contributed by atoms with Crippen LogP contribution in [0.3, 0.4) is 0 Å². The van der Waals surface area contributed by atoms with Crippen molar-refractivity contribution in [3.05, 3.63) is 64.1 Å². The highest BCUT2D eigenvalue weighted by atomic mass is 79.9. The van der Waals surface area contributed by atoms with Crippen LogP contribution in [-0.4, -0.2) is 7.11 Å². The Bertz CT molecular complexity index is 579. The van der Waals surface area contributed by atoms with Gasteiger partial charge in [-0.1, -0.05) is 36.1 Å². The summed E-state index contributed by atoms with van der Waals surface area (Å²) in [4.78, 5) is 0. The molecule has 2 aromatic carbocycles. The summed E-state index contributed by atoms with van der Waals surface area (Å²) in [6, 6.07) is 15.6. The van der Waals surface area contributed by atoms with E-state index in [0.29, 0.717) is 0 Å². The molecule has 0 aliphatic heterocycles. The summed E-state index contributed by atoms with van der Waals surface area (Å²) in [6.45, 7) is 0. The Hall–Kier alpha value is -1.72. The molecular formula is C15H11BrO. The number of hydrogen-bond donors (Lipinski definition) is 0. The molecule has 0 radical (unpaired) electrons. The molecule has 0 N–H and O–H groups in total. The molecule has 0 aliphatic rings. The maximum atomic E-state index is 5.25. The highest BCUT2D eigenvalue weighted by Gasteiger charge is 1.97. The minimum absolute atomic E-state index is 0.798. The zero-order chi connectivity index (χ0) is 12.1. The zero-order valence-electron chi connectivity index (χ0n) is 9.41. The lowest BCUT2D eigenvalue weighted by molar-refractivity contribution is 0.413. The fourth-order valence-corrected chi connectivity index (χ4v) is 1.83. The van der Waals surface area contributed by atoms with Crippen LogP contribution < -0.4 is 4.74 Å². The van der Waals surface area contributed by atoms with Crippen LogP contribution in [0.2, 0.25) is 0 Å². The lowest BCUT2D eigenvalue weighted by Gasteiger charge is -2.01. The van der Waals surface area contributed by atoms with Crippen LogP contribution in [0.15, 0.2) is 53.0 Å². The number of para-hydroxylation sites is 1. The summed E-state index contributed by atoms with van der Waals surface area (Å²) in [5.74, 6) is 7.04. The molecule has 84 valence electrons. The predicted molar refractivity (Wildman–Crippen MR) is 73.1 cm³/mol. The van der Waals surface area contributed by atoms with Gasteiger partial charge in [-0.05, 0) is 40.2 Å². The van der Waals surface area contributed by atoms with Gasteiger partial charge in [-0.15, -0.1) is 0 Å². The van der Waals surface area contributed by atoms with Crippen molar-refractivity contribution in [3.63, 3.8) is 0 Å². The normalized spacial score (nSPS) is 9.29. The molecule has 0 spiro atoms. The molecule has 0 heterocycles. The van der Waals surface area contributed by atoms with E-state index < -0.39 is 0 Å². The third kappa shape index (κ3) is 2.89. The van der Waals surface area contributed by atoms with Crippen molar-refractivity contribution in [1.29, 1.82) is 0 Å². The lowest BCUT2D eigenvalue weighted by Crippen LogP contribution is -1.86. The first-order valence-corrected chi connectivity index (χ1v) is 6.00. The fourth-order valence-electron chi connectivity index (χ4n) is 1.45. The van der Waals surface area contributed by atoms with E-state index in [1.165, 1.54) is 0 Å². The van der Waals surface area contributed by atoms with Gasteiger partial charge in [0.15, 0.2) is 0 Å². The molecule has 0 fully saturated rings. The average molecular weight is 287 g/mol. The number of halogens is 1. The molecule has 2 rings (SSSR count). The average Bonchev–Trinajstić information content (AvgIpc) is 2.38. The highest BCUT2D eigenvalue weighted by Crippen LogP contribution is 2.17. The van der Waals surface area contributed by atoms with Gasteiger partial charge in [0.1, 0.15) is 5.75 Å². The topological polar surface area (TPSA) is 9.23 Å². The highest BCUT2D eigenvalue weighted by molar-refractivity contribution is 9.10. The second-order valence-corrected chi connectivity index (χ2v) is 4.28. The number of ether oxygens (including phenoxy) is 1. The maximum Gasteiger partial charge on any atom is 0.134 e. The van der Waals surface area contributed by atoms with Crippen LogP contribution in [0.5, 0.6) is 5.75 Å². The van der Waals surface area contributed by atoms with Gasteiger partial charge in [-0.2, -0.15) is 0 Å². The smallest absolute Gasteiger partial charge is 0.134 e. The van der Waals surface area contributed by atoms with Crippen molar-refractivity contribution >= 4 is 15.9 Å². The molecule has 0 saturated carbocycles. The van der Waals surface area contributed by atoms with Crippen molar-refractivity contribution in [1.82, 2.24) is 0 Å². The molecule has 0 amide bonds. The predicted octanol–water partition coefficient (Wildman–Crippen LogP) is 3.86. The van der Waals surface area contributed by atoms with Gasteiger partial charge in [-0.25, -0.2) is 0 Å². The van der Waals surface area contributed by atoms with E-state index in [2.05, 4.69) is 27.8 Å². The van der Waals surface area contributed by atoms with Crippen molar-refractivity contribution in [2.24, 2.45) is 0 Å². The van der Waals surface area contributed by atoms with Crippen LogP contribution in [0.25, 0.3) is 0 Å². The summed E-state index contributed by atoms with van der Waals surface area (Å²) in [7, 11) is 1.65. The Morgan fingerprint density at radius 3 is 2.18 bits per heavy atom. The van der Waals surface area contributed by atoms with Crippen molar-refractivity contribution in [2.45, 2.75) is 0 Å². The third-order valence-corrected chi connectivity index (χ3v) is 3.00. The SMILES string of the molecule is COc1ccccc1C#Cc1ccccc1Br. The summed E-state index contributed by atoms with van der Waals surface area (Å²) in [6.07, 6.45) is 0. The second kappa shape index (κ2) is 5.56. The molecule has 17 heavy (non-hydrogen) atoms. The third-order valence-electron chi connectivity index (χ3n) is 2.31. The molecule has 0 unspecified atom stereocenters. The number of hydrogen-bond acceptors (Lipinski definition) is 1. The van der Waals surface area contributed by atoms with Crippen molar-refractivity contribution in [2.75, 3.05) is 7.11 Å². The first-order chi connectivity index (χ1) is 8.31. The largest absolute Gasteiger partial charge is 0.495 e. The van der Waals surface area contributed by atoms with E-state index in [0.717, 1.165) is 21.3 Å². The number of rotatable bonds is 1. The van der Waals surface area contributed by atoms with Gasteiger partial charge >= 0.3 is 0 Å². The molecule has 0 saturated heterocycles. The van der Waals surface area contributed by atoms with E-state index in [1.807, 2.05) is 48.5 Å². The summed E-state index contributed by atoms with van der Waals surface area (Å²) >= 11 is 3.47. The standard InChI is InChI=1S/C15H11BrO/c1-17-15-9-5-3-7-13(15)11-10-12-6-2-4-8-14(12)16/h2-9H,1H3. The molecule has 2 heteroatoms. The maximum absolute atomic E-state index is 5.25. The second-order valence-electron chi connectivity index (χ2n) is 3.43. The van der Waals surface area contributed by atoms with Gasteiger partial charge in [0.2, 0.25) is 0 Å². The summed E-state index contributed by atoms with van der Waals surface area (Å²) in [5, 5.41) is 0. The van der Waals surface area contributed by atoms with E-state index in [9.17, 15) is 0 Å². The Labute approximate surface area is 110 Å². The van der Waals surface area contributed by atoms with Crippen LogP contribution >= 0.6 is 15.9 Å². The van der Waals surface area contributed by atoms with E-state index in [1.54, 1.807) is 7.11 Å². The van der Waals surface area contributed by atoms with Crippen LogP contribution in [0.4, 0.5) is 0 Å². The summed E-state index contributed by atoms with van der Waals surface area (Å²) in [5.41, 5.74) is 1.86. The fraction of sp³-hybridized carbons (Fsp3) is 0.0667. The summed E-state index contributed by atoms with van der Waals surface area (Å²) < 4.78 is 6.25. The monoisotopic (exact) mass is 286 g/mol. The molecule has 2 aromatic rings. The van der Waals surface area contributed by atoms with Crippen LogP contribution in [-0.2, 0) is 0 Å². The first kappa shape index (κ1) is 11.8. The Morgan fingerprint density at radius 2 is 1.47 bits per heavy atom. The van der Waals surface area contributed by atoms with E-state index >= 15 is 0 Å². The van der Waals surface area contributed by atoms with Crippen molar-refractivity contribution < 1.29 is 4.74 Å². The lowest BCUT2D eigenvalue weighted by atomic mass is 10.1. The van der Waals surface area contributed by atoms with Gasteiger partial charge in [0, 0.05) is 10.0 Å². The van der Waals surface area contributed by atoms with E-state index in [-0.39, 0.29) is 0 Å². The Morgan fingerprint density at radius 1 is 0.882 bits per heavy atom. The Balaban J connectivity index is 2.37. The number of methoxy groups -OCH3 is 1. The zero-order valence-corrected chi connectivity index (χ0v) is 11.0. The minimum Gasteiger partial charge on any atom is -0.495 e. The first-order valence-electron chi connectivity index (χ1n) is 5.21. The molecular weight excluding hydrogens is 276 g/mol. The van der Waals surface area contributed by atoms with E-state index in [4.69, 9.17) is 4.74 Å². The molecule has 0 bridgehead atoms. The van der Waals surface area contributed by atoms with Gasteiger partial charge in [-0.3, -0.25) is 0 Å². The molecule has 0 aromatic heterocycles. The quantitative estimate of drug-likeness (QED) is 0.724. The Kier molecular flexibility index (Phi) is 3.85. The number of benzene rings is 2.